The normalized spacial score (nSPS) is 17.2. The number of ether oxygens (including phenoxy) is 1. The van der Waals surface area contributed by atoms with Crippen LogP contribution in [0.15, 0.2) is 36.7 Å². The Morgan fingerprint density at radius 1 is 1.35 bits per heavy atom. The van der Waals surface area contributed by atoms with Crippen molar-refractivity contribution in [2.75, 3.05) is 31.6 Å². The van der Waals surface area contributed by atoms with E-state index in [2.05, 4.69) is 35.0 Å². The molecule has 0 atom stereocenters. The van der Waals surface area contributed by atoms with Crippen LogP contribution < -0.4 is 9.64 Å². The van der Waals surface area contributed by atoms with Crippen LogP contribution in [0.4, 0.5) is 5.69 Å². The highest BCUT2D eigenvalue weighted by Crippen LogP contribution is 2.30. The molecule has 1 aromatic heterocycles. The van der Waals surface area contributed by atoms with E-state index in [1.807, 2.05) is 23.1 Å². The number of methoxy groups -OCH3 is 1. The number of nitrogens with zero attached hydrogens (tertiary/aromatic N) is 3. The minimum Gasteiger partial charge on any atom is -0.497 e. The SMILES string of the molecule is COc1cccc(N2CCN(C(=O)c3cn[nH]c3)CC2(C)C)c1. The second kappa shape index (κ2) is 5.95. The summed E-state index contributed by atoms with van der Waals surface area (Å²) < 4.78 is 5.32. The highest BCUT2D eigenvalue weighted by Gasteiger charge is 2.36. The first kappa shape index (κ1) is 15.4. The van der Waals surface area contributed by atoms with Gasteiger partial charge in [-0.05, 0) is 26.0 Å². The summed E-state index contributed by atoms with van der Waals surface area (Å²) in [5, 5.41) is 6.56. The quantitative estimate of drug-likeness (QED) is 0.943. The Kier molecular flexibility index (Phi) is 3.98. The molecule has 1 N–H and O–H groups in total. The lowest BCUT2D eigenvalue weighted by atomic mass is 9.97. The maximum absolute atomic E-state index is 12.5. The maximum atomic E-state index is 12.5. The number of benzene rings is 1. The monoisotopic (exact) mass is 314 g/mol. The summed E-state index contributed by atoms with van der Waals surface area (Å²) in [4.78, 5) is 16.7. The molecule has 1 fully saturated rings. The van der Waals surface area contributed by atoms with E-state index in [-0.39, 0.29) is 11.4 Å². The fourth-order valence-electron chi connectivity index (χ4n) is 3.14. The van der Waals surface area contributed by atoms with Gasteiger partial charge in [-0.2, -0.15) is 5.10 Å². The molecule has 0 saturated carbocycles. The van der Waals surface area contributed by atoms with Crippen LogP contribution >= 0.6 is 0 Å². The van der Waals surface area contributed by atoms with Gasteiger partial charge in [-0.15, -0.1) is 0 Å². The Hall–Kier alpha value is -2.50. The number of hydrogen-bond acceptors (Lipinski definition) is 4. The Balaban J connectivity index is 1.78. The maximum Gasteiger partial charge on any atom is 0.257 e. The average Bonchev–Trinajstić information content (AvgIpc) is 3.07. The molecule has 0 radical (unpaired) electrons. The van der Waals surface area contributed by atoms with Crippen LogP contribution in [0.5, 0.6) is 5.75 Å². The number of aromatic nitrogens is 2. The summed E-state index contributed by atoms with van der Waals surface area (Å²) in [6.45, 7) is 6.44. The predicted octanol–water partition coefficient (Wildman–Crippen LogP) is 2.16. The molecule has 122 valence electrons. The minimum absolute atomic E-state index is 0.0251. The summed E-state index contributed by atoms with van der Waals surface area (Å²) in [5.41, 5.74) is 1.56. The number of aromatic amines is 1. The van der Waals surface area contributed by atoms with Crippen molar-refractivity contribution in [3.63, 3.8) is 0 Å². The first-order chi connectivity index (χ1) is 11.0. The smallest absolute Gasteiger partial charge is 0.257 e. The van der Waals surface area contributed by atoms with E-state index in [9.17, 15) is 4.79 Å². The summed E-state index contributed by atoms with van der Waals surface area (Å²) in [6, 6.07) is 8.05. The molecule has 2 aromatic rings. The lowest BCUT2D eigenvalue weighted by molar-refractivity contribution is 0.0686. The zero-order chi connectivity index (χ0) is 16.4. The van der Waals surface area contributed by atoms with Gasteiger partial charge >= 0.3 is 0 Å². The molecule has 23 heavy (non-hydrogen) atoms. The molecule has 3 rings (SSSR count). The van der Waals surface area contributed by atoms with Crippen LogP contribution in [0.2, 0.25) is 0 Å². The van der Waals surface area contributed by atoms with E-state index in [4.69, 9.17) is 4.74 Å². The van der Waals surface area contributed by atoms with Crippen molar-refractivity contribution in [2.24, 2.45) is 0 Å². The third kappa shape index (κ3) is 3.02. The number of H-pyrrole nitrogens is 1. The number of piperazine rings is 1. The van der Waals surface area contributed by atoms with E-state index in [1.54, 1.807) is 19.5 Å². The molecule has 0 bridgehead atoms. The van der Waals surface area contributed by atoms with Gasteiger partial charge in [0.1, 0.15) is 5.75 Å². The first-order valence-corrected chi connectivity index (χ1v) is 7.71. The molecule has 2 heterocycles. The fraction of sp³-hybridized carbons (Fsp3) is 0.412. The molecule has 0 unspecified atom stereocenters. The summed E-state index contributed by atoms with van der Waals surface area (Å²) in [5.74, 6) is 0.868. The molecule has 1 aromatic carbocycles. The van der Waals surface area contributed by atoms with E-state index in [1.165, 1.54) is 0 Å². The number of carbonyl (C=O) groups excluding carboxylic acids is 1. The molecular weight excluding hydrogens is 292 g/mol. The molecule has 1 amide bonds. The van der Waals surface area contributed by atoms with Crippen LogP contribution in [0.25, 0.3) is 0 Å². The van der Waals surface area contributed by atoms with E-state index >= 15 is 0 Å². The minimum atomic E-state index is -0.163. The third-order valence-corrected chi connectivity index (χ3v) is 4.30. The van der Waals surface area contributed by atoms with Crippen molar-refractivity contribution in [1.29, 1.82) is 0 Å². The number of anilines is 1. The van der Waals surface area contributed by atoms with Crippen LogP contribution in [0.1, 0.15) is 24.2 Å². The number of carbonyl (C=O) groups is 1. The summed E-state index contributed by atoms with van der Waals surface area (Å²) in [6.07, 6.45) is 3.22. The molecule has 0 aliphatic carbocycles. The second-order valence-corrected chi connectivity index (χ2v) is 6.38. The van der Waals surface area contributed by atoms with Gasteiger partial charge in [-0.25, -0.2) is 0 Å². The first-order valence-electron chi connectivity index (χ1n) is 7.71. The van der Waals surface area contributed by atoms with Crippen molar-refractivity contribution in [3.05, 3.63) is 42.2 Å². The Morgan fingerprint density at radius 3 is 2.83 bits per heavy atom. The summed E-state index contributed by atoms with van der Waals surface area (Å²) >= 11 is 0. The fourth-order valence-corrected chi connectivity index (χ4v) is 3.14. The molecule has 1 saturated heterocycles. The van der Waals surface area contributed by atoms with Gasteiger partial charge in [-0.1, -0.05) is 6.07 Å². The Labute approximate surface area is 136 Å². The van der Waals surface area contributed by atoms with Gasteiger partial charge in [-0.3, -0.25) is 9.89 Å². The van der Waals surface area contributed by atoms with E-state index < -0.39 is 0 Å². The van der Waals surface area contributed by atoms with Gasteiger partial charge in [0.25, 0.3) is 5.91 Å². The number of amides is 1. The second-order valence-electron chi connectivity index (χ2n) is 6.38. The molecule has 1 aliphatic heterocycles. The zero-order valence-corrected chi connectivity index (χ0v) is 13.7. The number of hydrogen-bond donors (Lipinski definition) is 1. The van der Waals surface area contributed by atoms with Crippen LogP contribution in [-0.2, 0) is 0 Å². The molecular formula is C17H22N4O2. The Morgan fingerprint density at radius 2 is 2.17 bits per heavy atom. The summed E-state index contributed by atoms with van der Waals surface area (Å²) in [7, 11) is 1.67. The standard InChI is InChI=1S/C17H22N4O2/c1-17(2)12-20(16(22)13-10-18-19-11-13)7-8-21(17)14-5-4-6-15(9-14)23-3/h4-6,9-11H,7-8,12H2,1-3H3,(H,18,19). The highest BCUT2D eigenvalue weighted by molar-refractivity contribution is 5.94. The van der Waals surface area contributed by atoms with Crippen molar-refractivity contribution >= 4 is 11.6 Å². The third-order valence-electron chi connectivity index (χ3n) is 4.30. The lowest BCUT2D eigenvalue weighted by Gasteiger charge is -2.48. The van der Waals surface area contributed by atoms with Crippen LogP contribution in [0, 0.1) is 0 Å². The van der Waals surface area contributed by atoms with Gasteiger partial charge in [0, 0.05) is 37.6 Å². The average molecular weight is 314 g/mol. The van der Waals surface area contributed by atoms with Gasteiger partial charge in [0.15, 0.2) is 0 Å². The van der Waals surface area contributed by atoms with E-state index in [0.29, 0.717) is 18.7 Å². The number of nitrogens with one attached hydrogen (secondary N) is 1. The Bertz CT molecular complexity index is 682. The van der Waals surface area contributed by atoms with Crippen molar-refractivity contribution in [1.82, 2.24) is 15.1 Å². The predicted molar refractivity (Wildman–Crippen MR) is 88.9 cm³/mol. The molecule has 1 aliphatic rings. The molecule has 6 nitrogen and oxygen atoms in total. The molecule has 6 heteroatoms. The van der Waals surface area contributed by atoms with Crippen LogP contribution in [-0.4, -0.2) is 53.3 Å². The van der Waals surface area contributed by atoms with Gasteiger partial charge in [0.2, 0.25) is 0 Å². The molecule has 0 spiro atoms. The van der Waals surface area contributed by atoms with Crippen molar-refractivity contribution in [2.45, 2.75) is 19.4 Å². The highest BCUT2D eigenvalue weighted by atomic mass is 16.5. The van der Waals surface area contributed by atoms with Gasteiger partial charge in [0.05, 0.1) is 24.4 Å². The van der Waals surface area contributed by atoms with Crippen molar-refractivity contribution in [3.8, 4) is 5.75 Å². The van der Waals surface area contributed by atoms with Gasteiger partial charge < -0.3 is 14.5 Å². The number of rotatable bonds is 3. The van der Waals surface area contributed by atoms with E-state index in [0.717, 1.165) is 18.0 Å². The van der Waals surface area contributed by atoms with Crippen molar-refractivity contribution < 1.29 is 9.53 Å². The van der Waals surface area contributed by atoms with Crippen LogP contribution in [0.3, 0.4) is 0 Å². The largest absolute Gasteiger partial charge is 0.497 e. The lowest BCUT2D eigenvalue weighted by Crippen LogP contribution is -2.60. The zero-order valence-electron chi connectivity index (χ0n) is 13.7. The topological polar surface area (TPSA) is 61.5 Å².